The van der Waals surface area contributed by atoms with Crippen LogP contribution in [-0.2, 0) is 0 Å². The maximum absolute atomic E-state index is 5.93. The lowest BCUT2D eigenvalue weighted by Crippen LogP contribution is -1.87. The van der Waals surface area contributed by atoms with Gasteiger partial charge in [0.05, 0.1) is 0 Å². The van der Waals surface area contributed by atoms with Crippen LogP contribution < -0.4 is 5.32 Å². The van der Waals surface area contributed by atoms with Crippen LogP contribution in [0.15, 0.2) is 46.9 Å². The van der Waals surface area contributed by atoms with Gasteiger partial charge in [-0.2, -0.15) is 0 Å². The third-order valence-electron chi connectivity index (χ3n) is 2.75. The van der Waals surface area contributed by atoms with Crippen LogP contribution in [0, 0.1) is 0 Å². The summed E-state index contributed by atoms with van der Waals surface area (Å²) in [5.74, 6) is 0.601. The summed E-state index contributed by atoms with van der Waals surface area (Å²) in [5, 5.41) is 3.75. The molecule has 3 aromatic rings. The van der Waals surface area contributed by atoms with Crippen molar-refractivity contribution in [2.75, 3.05) is 12.4 Å². The summed E-state index contributed by atoms with van der Waals surface area (Å²) >= 11 is 5.93. The van der Waals surface area contributed by atoms with E-state index in [1.807, 2.05) is 37.4 Å². The maximum atomic E-state index is 5.93. The Balaban J connectivity index is 2.13. The average Bonchev–Trinajstić information content (AvgIpc) is 2.81. The summed E-state index contributed by atoms with van der Waals surface area (Å²) in [5.41, 5.74) is 3.47. The van der Waals surface area contributed by atoms with Gasteiger partial charge in [-0.25, -0.2) is 4.98 Å². The van der Waals surface area contributed by atoms with E-state index in [1.54, 1.807) is 12.1 Å². The second kappa shape index (κ2) is 4.35. The number of benzene rings is 2. The third-order valence-corrected chi connectivity index (χ3v) is 2.98. The Morgan fingerprint density at radius 3 is 2.89 bits per heavy atom. The number of aromatic nitrogens is 1. The van der Waals surface area contributed by atoms with E-state index in [-0.39, 0.29) is 0 Å². The number of rotatable bonds is 2. The van der Waals surface area contributed by atoms with Gasteiger partial charge in [0.2, 0.25) is 5.89 Å². The lowest BCUT2D eigenvalue weighted by molar-refractivity contribution is 0.620. The second-order valence-corrected chi connectivity index (χ2v) is 4.40. The van der Waals surface area contributed by atoms with Gasteiger partial charge in [-0.3, -0.25) is 0 Å². The zero-order valence-electron chi connectivity index (χ0n) is 9.77. The van der Waals surface area contributed by atoms with Gasteiger partial charge < -0.3 is 9.73 Å². The molecule has 3 rings (SSSR count). The molecule has 1 heterocycles. The van der Waals surface area contributed by atoms with Crippen molar-refractivity contribution in [1.29, 1.82) is 0 Å². The van der Waals surface area contributed by atoms with Gasteiger partial charge >= 0.3 is 0 Å². The van der Waals surface area contributed by atoms with Gasteiger partial charge in [0.15, 0.2) is 5.58 Å². The van der Waals surface area contributed by atoms with E-state index in [2.05, 4.69) is 10.3 Å². The van der Waals surface area contributed by atoms with Crippen LogP contribution in [0.3, 0.4) is 0 Å². The highest BCUT2D eigenvalue weighted by Crippen LogP contribution is 2.27. The normalized spacial score (nSPS) is 10.8. The lowest BCUT2D eigenvalue weighted by atomic mass is 10.2. The highest BCUT2D eigenvalue weighted by molar-refractivity contribution is 6.31. The van der Waals surface area contributed by atoms with Crippen molar-refractivity contribution < 1.29 is 4.42 Å². The molecule has 1 N–H and O–H groups in total. The molecule has 0 bridgehead atoms. The van der Waals surface area contributed by atoms with Crippen molar-refractivity contribution in [1.82, 2.24) is 4.98 Å². The zero-order valence-corrected chi connectivity index (χ0v) is 10.5. The largest absolute Gasteiger partial charge is 0.436 e. The van der Waals surface area contributed by atoms with Gasteiger partial charge in [-0.1, -0.05) is 17.7 Å². The van der Waals surface area contributed by atoms with Crippen molar-refractivity contribution in [3.05, 3.63) is 47.5 Å². The van der Waals surface area contributed by atoms with Crippen molar-refractivity contribution >= 4 is 28.4 Å². The first-order chi connectivity index (χ1) is 8.76. The number of fused-ring (bicyclic) bond motifs is 1. The first-order valence-corrected chi connectivity index (χ1v) is 5.98. The van der Waals surface area contributed by atoms with E-state index < -0.39 is 0 Å². The maximum Gasteiger partial charge on any atom is 0.227 e. The molecule has 0 unspecified atom stereocenters. The highest BCUT2D eigenvalue weighted by Gasteiger charge is 2.08. The van der Waals surface area contributed by atoms with Gasteiger partial charge in [0, 0.05) is 23.3 Å². The Bertz CT molecular complexity index is 706. The first kappa shape index (κ1) is 11.1. The van der Waals surface area contributed by atoms with Crippen molar-refractivity contribution in [3.8, 4) is 11.5 Å². The number of hydrogen-bond acceptors (Lipinski definition) is 3. The van der Waals surface area contributed by atoms with Gasteiger partial charge in [0.1, 0.15) is 5.52 Å². The fraction of sp³-hybridized carbons (Fsp3) is 0.0714. The molecule has 0 aliphatic carbocycles. The molecule has 0 aliphatic heterocycles. The Kier molecular flexibility index (Phi) is 2.68. The molecule has 18 heavy (non-hydrogen) atoms. The number of nitrogens with zero attached hydrogens (tertiary/aromatic N) is 1. The Labute approximate surface area is 109 Å². The topological polar surface area (TPSA) is 38.1 Å². The Morgan fingerprint density at radius 2 is 2.06 bits per heavy atom. The summed E-state index contributed by atoms with van der Waals surface area (Å²) in [6, 6.07) is 13.3. The van der Waals surface area contributed by atoms with Crippen LogP contribution in [0.2, 0.25) is 5.02 Å². The molecule has 0 saturated heterocycles. The molecule has 0 aliphatic rings. The molecule has 4 heteroatoms. The van der Waals surface area contributed by atoms with E-state index in [0.29, 0.717) is 10.9 Å². The minimum Gasteiger partial charge on any atom is -0.436 e. The minimum atomic E-state index is 0.601. The summed E-state index contributed by atoms with van der Waals surface area (Å²) in [6.45, 7) is 0. The predicted octanol–water partition coefficient (Wildman–Crippen LogP) is 4.19. The predicted molar refractivity (Wildman–Crippen MR) is 74.0 cm³/mol. The van der Waals surface area contributed by atoms with Crippen molar-refractivity contribution in [3.63, 3.8) is 0 Å². The second-order valence-electron chi connectivity index (χ2n) is 3.96. The molecule has 90 valence electrons. The number of anilines is 1. The molecule has 2 aromatic carbocycles. The number of oxazole rings is 1. The first-order valence-electron chi connectivity index (χ1n) is 5.60. The monoisotopic (exact) mass is 258 g/mol. The fourth-order valence-corrected chi connectivity index (χ4v) is 2.00. The van der Waals surface area contributed by atoms with Crippen molar-refractivity contribution in [2.45, 2.75) is 0 Å². The van der Waals surface area contributed by atoms with Crippen LogP contribution in [0.5, 0.6) is 0 Å². The van der Waals surface area contributed by atoms with Crippen molar-refractivity contribution in [2.24, 2.45) is 0 Å². The van der Waals surface area contributed by atoms with Crippen LogP contribution in [0.1, 0.15) is 0 Å². The van der Waals surface area contributed by atoms with Crippen LogP contribution in [0.4, 0.5) is 5.69 Å². The van der Waals surface area contributed by atoms with Crippen LogP contribution in [0.25, 0.3) is 22.6 Å². The smallest absolute Gasteiger partial charge is 0.227 e. The molecule has 0 saturated carbocycles. The highest BCUT2D eigenvalue weighted by atomic mass is 35.5. The molecule has 0 amide bonds. The average molecular weight is 259 g/mol. The van der Waals surface area contributed by atoms with E-state index >= 15 is 0 Å². The van der Waals surface area contributed by atoms with Gasteiger partial charge in [-0.15, -0.1) is 0 Å². The molecule has 0 radical (unpaired) electrons. The summed E-state index contributed by atoms with van der Waals surface area (Å²) in [7, 11) is 1.88. The fourth-order valence-electron chi connectivity index (χ4n) is 1.83. The third kappa shape index (κ3) is 1.93. The van der Waals surface area contributed by atoms with Gasteiger partial charge in [0.25, 0.3) is 0 Å². The van der Waals surface area contributed by atoms with Crippen LogP contribution in [-0.4, -0.2) is 12.0 Å². The summed E-state index contributed by atoms with van der Waals surface area (Å²) in [6.07, 6.45) is 0. The molecule has 0 fully saturated rings. The van der Waals surface area contributed by atoms with Crippen LogP contribution >= 0.6 is 11.6 Å². The molecule has 1 aromatic heterocycles. The standard InChI is InChI=1S/C14H11ClN2O/c1-16-11-4-2-3-9(7-11)14-17-12-8-10(15)5-6-13(12)18-14/h2-8,16H,1H3. The molecular weight excluding hydrogens is 248 g/mol. The van der Waals surface area contributed by atoms with E-state index in [9.17, 15) is 0 Å². The SMILES string of the molecule is CNc1cccc(-c2nc3cc(Cl)ccc3o2)c1. The van der Waals surface area contributed by atoms with E-state index in [4.69, 9.17) is 16.0 Å². The van der Waals surface area contributed by atoms with E-state index in [1.165, 1.54) is 0 Å². The quantitative estimate of drug-likeness (QED) is 0.749. The number of halogens is 1. The minimum absolute atomic E-state index is 0.601. The number of nitrogens with one attached hydrogen (secondary N) is 1. The number of hydrogen-bond donors (Lipinski definition) is 1. The molecule has 0 atom stereocenters. The lowest BCUT2D eigenvalue weighted by Gasteiger charge is -2.00. The van der Waals surface area contributed by atoms with E-state index in [0.717, 1.165) is 22.4 Å². The molecule has 3 nitrogen and oxygen atoms in total. The molecule has 0 spiro atoms. The Morgan fingerprint density at radius 1 is 1.17 bits per heavy atom. The Hall–Kier alpha value is -2.00. The molecular formula is C14H11ClN2O. The summed E-state index contributed by atoms with van der Waals surface area (Å²) in [4.78, 5) is 4.44. The zero-order chi connectivity index (χ0) is 12.5. The van der Waals surface area contributed by atoms with Gasteiger partial charge in [-0.05, 0) is 36.4 Å². The summed E-state index contributed by atoms with van der Waals surface area (Å²) < 4.78 is 5.71.